The fraction of sp³-hybridized carbons (Fsp3) is 0.355. The molecule has 0 spiro atoms. The number of benzene rings is 3. The Morgan fingerprint density at radius 3 is 1.73 bits per heavy atom. The molecule has 13 heteroatoms. The van der Waals surface area contributed by atoms with Gasteiger partial charge in [0, 0.05) is 0 Å². The lowest BCUT2D eigenvalue weighted by atomic mass is 10.0. The largest absolute Gasteiger partial charge is 0.494 e. The minimum absolute atomic E-state index is 0.0886. The number of halogens is 8. The van der Waals surface area contributed by atoms with E-state index in [0.717, 1.165) is 60.4 Å². The zero-order valence-electron chi connectivity index (χ0n) is 23.3. The van der Waals surface area contributed by atoms with Crippen LogP contribution in [0.25, 0.3) is 11.1 Å². The Bertz CT molecular complexity index is 1380. The quantitative estimate of drug-likeness (QED) is 0.0725. The second-order valence-corrected chi connectivity index (χ2v) is 9.70. The van der Waals surface area contributed by atoms with Gasteiger partial charge in [0.1, 0.15) is 11.5 Å². The van der Waals surface area contributed by atoms with Gasteiger partial charge in [-0.15, -0.1) is 0 Å². The van der Waals surface area contributed by atoms with Crippen molar-refractivity contribution in [3.8, 4) is 22.6 Å². The van der Waals surface area contributed by atoms with E-state index in [0.29, 0.717) is 6.61 Å². The molecule has 44 heavy (non-hydrogen) atoms. The van der Waals surface area contributed by atoms with Crippen LogP contribution in [0.3, 0.4) is 0 Å². The molecule has 0 aromatic heterocycles. The average molecular weight is 633 g/mol. The first-order valence-electron chi connectivity index (χ1n) is 13.4. The Morgan fingerprint density at radius 1 is 0.682 bits per heavy atom. The third-order valence-electron chi connectivity index (χ3n) is 6.41. The highest BCUT2D eigenvalue weighted by Gasteiger charge is 2.75. The first kappa shape index (κ1) is 34.3. The fourth-order valence-electron chi connectivity index (χ4n) is 3.80. The highest BCUT2D eigenvalue weighted by molar-refractivity contribution is 5.92. The lowest BCUT2D eigenvalue weighted by Gasteiger charge is -2.31. The van der Waals surface area contributed by atoms with Crippen LogP contribution in [0.1, 0.15) is 53.3 Å². The van der Waals surface area contributed by atoms with Crippen molar-refractivity contribution in [2.24, 2.45) is 0 Å². The zero-order valence-corrected chi connectivity index (χ0v) is 23.3. The predicted octanol–water partition coefficient (Wildman–Crippen LogP) is 8.86. The molecule has 0 atom stereocenters. The molecule has 3 rings (SSSR count). The molecule has 238 valence electrons. The summed E-state index contributed by atoms with van der Waals surface area (Å²) in [5, 5.41) is 0. The predicted molar refractivity (Wildman–Crippen MR) is 144 cm³/mol. The van der Waals surface area contributed by atoms with Gasteiger partial charge in [0.15, 0.2) is 6.61 Å². The lowest BCUT2D eigenvalue weighted by molar-refractivity contribution is -0.343. The molecule has 0 aliphatic heterocycles. The number of carbonyl (C=O) groups excluding carboxylic acids is 2. The average Bonchev–Trinajstić information content (AvgIpc) is 3.00. The number of rotatable bonds is 15. The first-order valence-corrected chi connectivity index (χ1v) is 13.4. The van der Waals surface area contributed by atoms with Crippen molar-refractivity contribution >= 4 is 11.9 Å². The Hall–Kier alpha value is -4.16. The molecule has 0 aliphatic rings. The Morgan fingerprint density at radius 2 is 1.18 bits per heavy atom. The van der Waals surface area contributed by atoms with E-state index in [2.05, 4.69) is 11.7 Å². The third-order valence-corrected chi connectivity index (χ3v) is 6.41. The number of carbonyl (C=O) groups is 2. The smallest absolute Gasteiger partial charge is 0.381 e. The molecular weight excluding hydrogens is 604 g/mol. The van der Waals surface area contributed by atoms with E-state index >= 15 is 0 Å². The maximum atomic E-state index is 13.6. The molecule has 0 bridgehead atoms. The van der Waals surface area contributed by atoms with Gasteiger partial charge in [0.25, 0.3) is 0 Å². The number of hydrogen-bond donors (Lipinski definition) is 0. The topological polar surface area (TPSA) is 61.8 Å². The second-order valence-electron chi connectivity index (χ2n) is 9.70. The van der Waals surface area contributed by atoms with Gasteiger partial charge in [-0.3, -0.25) is 0 Å². The highest BCUT2D eigenvalue weighted by Crippen LogP contribution is 2.48. The Balaban J connectivity index is 1.54. The molecular formula is C31H28F8O5. The van der Waals surface area contributed by atoms with Crippen molar-refractivity contribution in [1.29, 1.82) is 0 Å². The van der Waals surface area contributed by atoms with Crippen LogP contribution >= 0.6 is 0 Å². The van der Waals surface area contributed by atoms with Crippen LogP contribution in [-0.2, 0) is 4.74 Å². The van der Waals surface area contributed by atoms with E-state index in [-0.39, 0.29) is 11.3 Å². The molecule has 0 saturated carbocycles. The summed E-state index contributed by atoms with van der Waals surface area (Å²) in [6.45, 7) is 0.182. The zero-order chi connectivity index (χ0) is 32.5. The van der Waals surface area contributed by atoms with Crippen LogP contribution in [0.5, 0.6) is 11.5 Å². The van der Waals surface area contributed by atoms with Crippen molar-refractivity contribution in [2.75, 3.05) is 13.2 Å². The molecule has 0 unspecified atom stereocenters. The molecule has 3 aromatic rings. The lowest BCUT2D eigenvalue weighted by Crippen LogP contribution is -2.59. The third kappa shape index (κ3) is 8.26. The number of esters is 2. The Labute approximate surface area is 247 Å². The molecule has 5 nitrogen and oxygen atoms in total. The Kier molecular flexibility index (Phi) is 11.3. The van der Waals surface area contributed by atoms with Gasteiger partial charge in [-0.25, -0.2) is 18.4 Å². The summed E-state index contributed by atoms with van der Waals surface area (Å²) >= 11 is 0. The second kappa shape index (κ2) is 14.5. The van der Waals surface area contributed by atoms with Crippen LogP contribution in [-0.4, -0.2) is 49.3 Å². The van der Waals surface area contributed by atoms with Crippen molar-refractivity contribution < 1.29 is 58.9 Å². The number of alkyl halides is 8. The van der Waals surface area contributed by atoms with Gasteiger partial charge in [-0.2, -0.15) is 26.3 Å². The molecule has 0 N–H and O–H groups in total. The van der Waals surface area contributed by atoms with Gasteiger partial charge in [0.05, 0.1) is 17.7 Å². The van der Waals surface area contributed by atoms with Gasteiger partial charge < -0.3 is 14.2 Å². The minimum Gasteiger partial charge on any atom is -0.494 e. The van der Waals surface area contributed by atoms with Crippen molar-refractivity contribution in [1.82, 2.24) is 0 Å². The summed E-state index contributed by atoms with van der Waals surface area (Å²) in [7, 11) is 0. The van der Waals surface area contributed by atoms with E-state index in [9.17, 15) is 44.7 Å². The van der Waals surface area contributed by atoms with Gasteiger partial charge in [0.2, 0.25) is 0 Å². The summed E-state index contributed by atoms with van der Waals surface area (Å²) in [5.74, 6) is -20.4. The molecule has 0 amide bonds. The molecule has 0 saturated heterocycles. The van der Waals surface area contributed by atoms with Crippen LogP contribution in [0.2, 0.25) is 0 Å². The monoisotopic (exact) mass is 632 g/mol. The van der Waals surface area contributed by atoms with Crippen molar-refractivity contribution in [3.05, 3.63) is 83.9 Å². The van der Waals surface area contributed by atoms with Gasteiger partial charge >= 0.3 is 36.1 Å². The highest BCUT2D eigenvalue weighted by atomic mass is 19.4. The van der Waals surface area contributed by atoms with Crippen molar-refractivity contribution in [3.63, 3.8) is 0 Å². The van der Waals surface area contributed by atoms with E-state index in [1.54, 1.807) is 12.1 Å². The van der Waals surface area contributed by atoms with E-state index < -0.39 is 48.3 Å². The SMILES string of the molecule is CCCCCCOc1ccc(-c2ccc(C(=O)Oc3ccc(C(=O)OCC(F)(F)C(F)(F)C(F)(F)C(F)F)cc3)cc2)cc1. The molecule has 0 aliphatic carbocycles. The number of hydrogen-bond acceptors (Lipinski definition) is 5. The van der Waals surface area contributed by atoms with E-state index in [1.807, 2.05) is 24.3 Å². The van der Waals surface area contributed by atoms with Crippen molar-refractivity contribution in [2.45, 2.75) is 56.8 Å². The molecule has 0 radical (unpaired) electrons. The number of ether oxygens (including phenoxy) is 3. The van der Waals surface area contributed by atoms with Crippen LogP contribution in [0, 0.1) is 0 Å². The fourth-order valence-corrected chi connectivity index (χ4v) is 3.80. The van der Waals surface area contributed by atoms with E-state index in [4.69, 9.17) is 9.47 Å². The maximum Gasteiger partial charge on any atom is 0.381 e. The van der Waals surface area contributed by atoms with Gasteiger partial charge in [-0.1, -0.05) is 50.5 Å². The van der Waals surface area contributed by atoms with Crippen LogP contribution in [0.4, 0.5) is 35.1 Å². The minimum atomic E-state index is -6.50. The molecule has 3 aromatic carbocycles. The molecule has 0 fully saturated rings. The standard InChI is InChI=1S/C31H28F8O5/c1-2-3-4-5-18-42-24-14-10-21(11-15-24)20-6-8-23(9-7-20)27(41)44-25-16-12-22(13-17-25)26(40)43-19-29(34,35)31(38,39)30(36,37)28(32)33/h6-17,28H,2-5,18-19H2,1H3. The maximum absolute atomic E-state index is 13.6. The first-order chi connectivity index (χ1) is 20.7. The summed E-state index contributed by atoms with van der Waals surface area (Å²) in [6, 6.07) is 17.9. The summed E-state index contributed by atoms with van der Waals surface area (Å²) < 4.78 is 119. The van der Waals surface area contributed by atoms with Gasteiger partial charge in [-0.05, 0) is 66.1 Å². The van der Waals surface area contributed by atoms with Crippen LogP contribution < -0.4 is 9.47 Å². The van der Waals surface area contributed by atoms with E-state index in [1.165, 1.54) is 18.6 Å². The normalized spacial score (nSPS) is 12.2. The summed E-state index contributed by atoms with van der Waals surface area (Å²) in [4.78, 5) is 24.5. The summed E-state index contributed by atoms with van der Waals surface area (Å²) in [6.07, 6.45) is -0.684. The summed E-state index contributed by atoms with van der Waals surface area (Å²) in [5.41, 5.74) is 1.38. The van der Waals surface area contributed by atoms with Crippen LogP contribution in [0.15, 0.2) is 72.8 Å². The molecule has 0 heterocycles. The number of unbranched alkanes of at least 4 members (excludes halogenated alkanes) is 3.